The highest BCUT2D eigenvalue weighted by atomic mass is 16.5. The fourth-order valence-electron chi connectivity index (χ4n) is 4.25. The van der Waals surface area contributed by atoms with Gasteiger partial charge >= 0.3 is 0 Å². The number of hydrogen-bond acceptors (Lipinski definition) is 5. The van der Waals surface area contributed by atoms with Crippen molar-refractivity contribution in [1.29, 1.82) is 0 Å². The lowest BCUT2D eigenvalue weighted by Gasteiger charge is -2.42. The number of ether oxygens (including phenoxy) is 2. The average molecular weight is 399 g/mol. The van der Waals surface area contributed by atoms with Crippen LogP contribution < -0.4 is 4.74 Å². The van der Waals surface area contributed by atoms with Crippen LogP contribution in [0.4, 0.5) is 0 Å². The van der Waals surface area contributed by atoms with Gasteiger partial charge < -0.3 is 23.8 Å². The molecule has 0 bridgehead atoms. The summed E-state index contributed by atoms with van der Waals surface area (Å²) in [4.78, 5) is 21.6. The molecule has 7 heteroatoms. The number of rotatable bonds is 6. The number of aryl methyl sites for hydroxylation is 1. The molecule has 0 radical (unpaired) electrons. The fourth-order valence-corrected chi connectivity index (χ4v) is 4.25. The molecule has 156 valence electrons. The van der Waals surface area contributed by atoms with Gasteiger partial charge in [0, 0.05) is 77.1 Å². The van der Waals surface area contributed by atoms with Gasteiger partial charge in [0.25, 0.3) is 0 Å². The van der Waals surface area contributed by atoms with E-state index < -0.39 is 0 Å². The van der Waals surface area contributed by atoms with Gasteiger partial charge in [-0.05, 0) is 6.07 Å². The molecule has 7 nitrogen and oxygen atoms in total. The Balaban J connectivity index is 1.48. The zero-order valence-corrected chi connectivity index (χ0v) is 17.1. The van der Waals surface area contributed by atoms with Crippen molar-refractivity contribution in [3.8, 4) is 5.75 Å². The van der Waals surface area contributed by atoms with E-state index in [4.69, 9.17) is 9.47 Å². The number of likely N-dealkylation sites (tertiary alicyclic amines) is 1. The Bertz CT molecular complexity index is 800. The first-order chi connectivity index (χ1) is 14.2. The average Bonchev–Trinajstić information content (AvgIpc) is 3.20. The van der Waals surface area contributed by atoms with Crippen LogP contribution >= 0.6 is 0 Å². The Morgan fingerprint density at radius 1 is 1.24 bits per heavy atom. The molecule has 0 atom stereocenters. The van der Waals surface area contributed by atoms with Crippen LogP contribution in [0.1, 0.15) is 24.8 Å². The molecule has 1 fully saturated rings. The van der Waals surface area contributed by atoms with E-state index in [1.54, 1.807) is 19.6 Å². The van der Waals surface area contributed by atoms with Gasteiger partial charge in [0.1, 0.15) is 11.4 Å². The highest BCUT2D eigenvalue weighted by Gasteiger charge is 2.41. The summed E-state index contributed by atoms with van der Waals surface area (Å²) in [6.07, 6.45) is 7.69. The van der Waals surface area contributed by atoms with Gasteiger partial charge in [-0.25, -0.2) is 4.98 Å². The van der Waals surface area contributed by atoms with Gasteiger partial charge in [0.2, 0.25) is 5.91 Å². The normalized spacial score (nSPS) is 18.9. The van der Waals surface area contributed by atoms with E-state index in [9.17, 15) is 4.79 Å². The molecular formula is C22H30N4O3. The molecule has 1 spiro atoms. The van der Waals surface area contributed by atoms with Crippen LogP contribution in [0.2, 0.25) is 0 Å². The third kappa shape index (κ3) is 4.79. The molecule has 2 aliphatic rings. The number of fused-ring (bicyclic) bond motifs is 1. The van der Waals surface area contributed by atoms with E-state index in [-0.39, 0.29) is 11.5 Å². The van der Waals surface area contributed by atoms with Crippen LogP contribution in [0.15, 0.2) is 43.0 Å². The van der Waals surface area contributed by atoms with Crippen molar-refractivity contribution in [3.63, 3.8) is 0 Å². The smallest absolute Gasteiger partial charge is 0.224 e. The van der Waals surface area contributed by atoms with Gasteiger partial charge in [0.05, 0.1) is 19.5 Å². The summed E-state index contributed by atoms with van der Waals surface area (Å²) in [7, 11) is 1.74. The van der Waals surface area contributed by atoms with E-state index in [2.05, 4.69) is 16.0 Å². The number of aromatic nitrogens is 2. The van der Waals surface area contributed by atoms with Crippen molar-refractivity contribution in [1.82, 2.24) is 19.4 Å². The monoisotopic (exact) mass is 398 g/mol. The van der Waals surface area contributed by atoms with E-state index in [0.717, 1.165) is 50.4 Å². The van der Waals surface area contributed by atoms with Crippen LogP contribution in [0.5, 0.6) is 5.75 Å². The molecule has 29 heavy (non-hydrogen) atoms. The summed E-state index contributed by atoms with van der Waals surface area (Å²) in [5, 5.41) is 0. The Kier molecular flexibility index (Phi) is 6.16. The molecule has 1 amide bonds. The quantitative estimate of drug-likeness (QED) is 0.746. The summed E-state index contributed by atoms with van der Waals surface area (Å²) in [6.45, 7) is 5.50. The third-order valence-electron chi connectivity index (χ3n) is 6.01. The molecule has 0 saturated carbocycles. The number of hydrogen-bond donors (Lipinski definition) is 0. The van der Waals surface area contributed by atoms with E-state index in [0.29, 0.717) is 26.1 Å². The molecule has 3 heterocycles. The zero-order chi connectivity index (χ0) is 20.1. The van der Waals surface area contributed by atoms with Gasteiger partial charge in [-0.3, -0.25) is 4.79 Å². The number of methoxy groups -OCH3 is 1. The van der Waals surface area contributed by atoms with E-state index in [1.165, 1.54) is 0 Å². The molecule has 0 N–H and O–H groups in total. The highest BCUT2D eigenvalue weighted by Crippen LogP contribution is 2.35. The minimum Gasteiger partial charge on any atom is -0.485 e. The Morgan fingerprint density at radius 2 is 2.07 bits per heavy atom. The summed E-state index contributed by atoms with van der Waals surface area (Å²) in [5.41, 5.74) is 0.767. The number of nitrogens with zero attached hydrogens (tertiary/aromatic N) is 4. The molecule has 1 aromatic carbocycles. The number of carbonyl (C=O) groups excluding carboxylic acids is 1. The SMILES string of the molecule is COCCN1CCC2(CC1)CN(C(=O)CCn1ccnc1)Cc1ccccc1O2. The molecule has 4 rings (SSSR count). The minimum atomic E-state index is -0.319. The number of carbonyl (C=O) groups is 1. The minimum absolute atomic E-state index is 0.167. The summed E-state index contributed by atoms with van der Waals surface area (Å²) in [6, 6.07) is 8.13. The maximum Gasteiger partial charge on any atom is 0.224 e. The molecule has 2 aromatic rings. The van der Waals surface area contributed by atoms with Gasteiger partial charge in [-0.1, -0.05) is 18.2 Å². The summed E-state index contributed by atoms with van der Waals surface area (Å²) in [5.74, 6) is 1.09. The van der Waals surface area contributed by atoms with Crippen molar-refractivity contribution in [2.75, 3.05) is 39.9 Å². The summed E-state index contributed by atoms with van der Waals surface area (Å²) >= 11 is 0. The van der Waals surface area contributed by atoms with Crippen molar-refractivity contribution < 1.29 is 14.3 Å². The number of piperidine rings is 1. The predicted molar refractivity (Wildman–Crippen MR) is 110 cm³/mol. The van der Waals surface area contributed by atoms with Crippen LogP contribution in [-0.4, -0.2) is 70.8 Å². The molecule has 0 unspecified atom stereocenters. The number of imidazole rings is 1. The van der Waals surface area contributed by atoms with Crippen LogP contribution in [0.3, 0.4) is 0 Å². The lowest BCUT2D eigenvalue weighted by molar-refractivity contribution is -0.135. The van der Waals surface area contributed by atoms with Gasteiger partial charge in [-0.15, -0.1) is 0 Å². The Morgan fingerprint density at radius 3 is 2.83 bits per heavy atom. The largest absolute Gasteiger partial charge is 0.485 e. The van der Waals surface area contributed by atoms with Gasteiger partial charge in [-0.2, -0.15) is 0 Å². The molecule has 1 saturated heterocycles. The summed E-state index contributed by atoms with van der Waals surface area (Å²) < 4.78 is 13.8. The third-order valence-corrected chi connectivity index (χ3v) is 6.01. The second-order valence-corrected chi connectivity index (χ2v) is 8.03. The highest BCUT2D eigenvalue weighted by molar-refractivity contribution is 5.76. The van der Waals surface area contributed by atoms with Crippen molar-refractivity contribution >= 4 is 5.91 Å². The second-order valence-electron chi connectivity index (χ2n) is 8.03. The number of para-hydroxylation sites is 1. The lowest BCUT2D eigenvalue weighted by Crippen LogP contribution is -2.54. The Hall–Kier alpha value is -2.38. The molecule has 1 aromatic heterocycles. The second kappa shape index (κ2) is 8.97. The van der Waals surface area contributed by atoms with E-state index >= 15 is 0 Å². The van der Waals surface area contributed by atoms with Crippen LogP contribution in [0, 0.1) is 0 Å². The lowest BCUT2D eigenvalue weighted by atomic mass is 9.90. The first-order valence-corrected chi connectivity index (χ1v) is 10.4. The van der Waals surface area contributed by atoms with Gasteiger partial charge in [0.15, 0.2) is 0 Å². The molecule has 2 aliphatic heterocycles. The fraction of sp³-hybridized carbons (Fsp3) is 0.545. The topological polar surface area (TPSA) is 59.8 Å². The maximum atomic E-state index is 13.1. The number of amides is 1. The Labute approximate surface area is 172 Å². The standard InChI is InChI=1S/C22H30N4O3/c1-28-15-14-24-11-7-22(8-12-24)17-26(16-19-4-2-3-5-20(19)29-22)21(27)6-10-25-13-9-23-18-25/h2-5,9,13,18H,6-8,10-12,14-17H2,1H3. The molecule has 0 aliphatic carbocycles. The van der Waals surface area contributed by atoms with Crippen molar-refractivity contribution in [2.45, 2.75) is 38.0 Å². The number of benzene rings is 1. The first-order valence-electron chi connectivity index (χ1n) is 10.4. The first kappa shape index (κ1) is 19.9. The maximum absolute atomic E-state index is 13.1. The van der Waals surface area contributed by atoms with Crippen LogP contribution in [-0.2, 0) is 22.6 Å². The van der Waals surface area contributed by atoms with Crippen LogP contribution in [0.25, 0.3) is 0 Å². The predicted octanol–water partition coefficient (Wildman–Crippen LogP) is 2.18. The van der Waals surface area contributed by atoms with Crippen molar-refractivity contribution in [3.05, 3.63) is 48.5 Å². The zero-order valence-electron chi connectivity index (χ0n) is 17.1. The van der Waals surface area contributed by atoms with E-state index in [1.807, 2.05) is 33.9 Å². The molecular weight excluding hydrogens is 368 g/mol. The van der Waals surface area contributed by atoms with Crippen molar-refractivity contribution in [2.24, 2.45) is 0 Å².